The summed E-state index contributed by atoms with van der Waals surface area (Å²) in [5.74, 6) is -0.709. The summed E-state index contributed by atoms with van der Waals surface area (Å²) in [7, 11) is 0. The zero-order valence-electron chi connectivity index (χ0n) is 11.8. The maximum Gasteiger partial charge on any atom is 0.251 e. The summed E-state index contributed by atoms with van der Waals surface area (Å²) < 4.78 is 0. The summed E-state index contributed by atoms with van der Waals surface area (Å²) in [6.45, 7) is 0.878. The average Bonchev–Trinajstić information content (AvgIpc) is 2.55. The van der Waals surface area contributed by atoms with Crippen molar-refractivity contribution in [2.75, 3.05) is 6.54 Å². The van der Waals surface area contributed by atoms with E-state index in [9.17, 15) is 9.59 Å². The molecule has 2 amide bonds. The molecular formula is C15H21N3O3. The maximum absolute atomic E-state index is 12.2. The molecule has 2 atom stereocenters. The third kappa shape index (κ3) is 4.54. The molecule has 2 unspecified atom stereocenters. The Bertz CT molecular complexity index is 472. The van der Waals surface area contributed by atoms with E-state index in [-0.39, 0.29) is 24.4 Å². The van der Waals surface area contributed by atoms with Crippen molar-refractivity contribution in [2.45, 2.75) is 37.8 Å². The predicted octanol–water partition coefficient (Wildman–Crippen LogP) is 0.823. The highest BCUT2D eigenvalue weighted by Gasteiger charge is 2.27. The minimum atomic E-state index is -0.499. The molecule has 2 rings (SSSR count). The van der Waals surface area contributed by atoms with E-state index in [1.165, 1.54) is 0 Å². The van der Waals surface area contributed by atoms with Crippen molar-refractivity contribution >= 4 is 11.8 Å². The van der Waals surface area contributed by atoms with Crippen LogP contribution in [-0.2, 0) is 4.79 Å². The molecule has 1 aliphatic rings. The SMILES string of the molecule is O=C(CC(NC(=O)c1ccccc1)C1CCCCN1)NO. The van der Waals surface area contributed by atoms with E-state index in [1.54, 1.807) is 29.7 Å². The van der Waals surface area contributed by atoms with Crippen molar-refractivity contribution in [1.29, 1.82) is 0 Å². The molecule has 1 aromatic carbocycles. The van der Waals surface area contributed by atoms with E-state index in [0.29, 0.717) is 5.56 Å². The highest BCUT2D eigenvalue weighted by Crippen LogP contribution is 2.13. The van der Waals surface area contributed by atoms with Gasteiger partial charge < -0.3 is 10.6 Å². The third-order valence-electron chi connectivity index (χ3n) is 3.72. The van der Waals surface area contributed by atoms with Crippen LogP contribution < -0.4 is 16.1 Å². The Labute approximate surface area is 123 Å². The van der Waals surface area contributed by atoms with E-state index < -0.39 is 5.91 Å². The fourth-order valence-corrected chi connectivity index (χ4v) is 2.60. The van der Waals surface area contributed by atoms with Crippen molar-refractivity contribution in [2.24, 2.45) is 0 Å². The summed E-state index contributed by atoms with van der Waals surface area (Å²) in [6.07, 6.45) is 3.11. The number of benzene rings is 1. The highest BCUT2D eigenvalue weighted by atomic mass is 16.5. The Balaban J connectivity index is 2.03. The van der Waals surface area contributed by atoms with Crippen LogP contribution in [0.1, 0.15) is 36.0 Å². The van der Waals surface area contributed by atoms with Crippen molar-refractivity contribution < 1.29 is 14.8 Å². The van der Waals surface area contributed by atoms with Gasteiger partial charge in [-0.05, 0) is 31.5 Å². The zero-order valence-corrected chi connectivity index (χ0v) is 11.8. The van der Waals surface area contributed by atoms with Gasteiger partial charge in [0.25, 0.3) is 5.91 Å². The van der Waals surface area contributed by atoms with Gasteiger partial charge in [0, 0.05) is 11.6 Å². The van der Waals surface area contributed by atoms with Crippen molar-refractivity contribution in [1.82, 2.24) is 16.1 Å². The van der Waals surface area contributed by atoms with Gasteiger partial charge in [-0.25, -0.2) is 5.48 Å². The first-order valence-electron chi connectivity index (χ1n) is 7.23. The van der Waals surface area contributed by atoms with Crippen LogP contribution in [0.3, 0.4) is 0 Å². The molecule has 0 aromatic heterocycles. The summed E-state index contributed by atoms with van der Waals surface area (Å²) in [4.78, 5) is 23.7. The molecule has 1 saturated heterocycles. The van der Waals surface area contributed by atoms with E-state index in [4.69, 9.17) is 5.21 Å². The molecule has 0 radical (unpaired) electrons. The van der Waals surface area contributed by atoms with Gasteiger partial charge in [0.15, 0.2) is 0 Å². The monoisotopic (exact) mass is 291 g/mol. The topological polar surface area (TPSA) is 90.5 Å². The van der Waals surface area contributed by atoms with Crippen LogP contribution in [0.15, 0.2) is 30.3 Å². The number of piperidine rings is 1. The van der Waals surface area contributed by atoms with Crippen molar-refractivity contribution in [3.8, 4) is 0 Å². The lowest BCUT2D eigenvalue weighted by molar-refractivity contribution is -0.129. The number of nitrogens with one attached hydrogen (secondary N) is 3. The third-order valence-corrected chi connectivity index (χ3v) is 3.72. The fourth-order valence-electron chi connectivity index (χ4n) is 2.60. The first-order valence-corrected chi connectivity index (χ1v) is 7.23. The van der Waals surface area contributed by atoms with E-state index >= 15 is 0 Å². The number of rotatable bonds is 5. The molecule has 0 bridgehead atoms. The molecule has 0 spiro atoms. The van der Waals surface area contributed by atoms with E-state index in [2.05, 4.69) is 10.6 Å². The van der Waals surface area contributed by atoms with Crippen LogP contribution in [0, 0.1) is 0 Å². The van der Waals surface area contributed by atoms with Crippen LogP contribution in [0.2, 0.25) is 0 Å². The first kappa shape index (κ1) is 15.5. The van der Waals surface area contributed by atoms with Crippen molar-refractivity contribution in [3.05, 3.63) is 35.9 Å². The van der Waals surface area contributed by atoms with Crippen LogP contribution in [0.4, 0.5) is 0 Å². The highest BCUT2D eigenvalue weighted by molar-refractivity contribution is 5.94. The van der Waals surface area contributed by atoms with Gasteiger partial charge >= 0.3 is 0 Å². The second-order valence-corrected chi connectivity index (χ2v) is 5.24. The molecule has 4 N–H and O–H groups in total. The smallest absolute Gasteiger partial charge is 0.251 e. The lowest BCUT2D eigenvalue weighted by Crippen LogP contribution is -2.53. The van der Waals surface area contributed by atoms with Gasteiger partial charge in [0.05, 0.1) is 12.5 Å². The molecule has 21 heavy (non-hydrogen) atoms. The van der Waals surface area contributed by atoms with Crippen molar-refractivity contribution in [3.63, 3.8) is 0 Å². The normalized spacial score (nSPS) is 19.6. The lowest BCUT2D eigenvalue weighted by Gasteiger charge is -2.31. The minimum absolute atomic E-state index is 0.0451. The second kappa shape index (κ2) is 7.75. The Morgan fingerprint density at radius 2 is 2.05 bits per heavy atom. The standard InChI is InChI=1S/C15H21N3O3/c19-14(18-21)10-13(12-8-4-5-9-16-12)17-15(20)11-6-2-1-3-7-11/h1-3,6-7,12-13,16,21H,4-5,8-10H2,(H,17,20)(H,18,19). The molecule has 0 saturated carbocycles. The van der Waals surface area contributed by atoms with Crippen LogP contribution in [0.5, 0.6) is 0 Å². The van der Waals surface area contributed by atoms with Gasteiger partial charge in [-0.3, -0.25) is 14.8 Å². The largest absolute Gasteiger partial charge is 0.347 e. The van der Waals surface area contributed by atoms with Gasteiger partial charge in [-0.15, -0.1) is 0 Å². The molecule has 6 heteroatoms. The number of hydrogen-bond acceptors (Lipinski definition) is 4. The number of carbonyl (C=O) groups excluding carboxylic acids is 2. The van der Waals surface area contributed by atoms with Crippen LogP contribution in [-0.4, -0.2) is 35.7 Å². The fraction of sp³-hybridized carbons (Fsp3) is 0.467. The lowest BCUT2D eigenvalue weighted by atomic mass is 9.95. The summed E-state index contributed by atoms with van der Waals surface area (Å²) in [5, 5.41) is 14.9. The molecule has 1 fully saturated rings. The number of hydroxylamine groups is 1. The molecule has 1 heterocycles. The quantitative estimate of drug-likeness (QED) is 0.477. The second-order valence-electron chi connectivity index (χ2n) is 5.24. The number of amides is 2. The zero-order chi connectivity index (χ0) is 15.1. The summed E-state index contributed by atoms with van der Waals surface area (Å²) in [5.41, 5.74) is 2.19. The Hall–Kier alpha value is -1.92. The molecular weight excluding hydrogens is 270 g/mol. The van der Waals surface area contributed by atoms with E-state index in [1.807, 2.05) is 6.07 Å². The summed E-state index contributed by atoms with van der Waals surface area (Å²) in [6, 6.07) is 8.59. The average molecular weight is 291 g/mol. The number of carbonyl (C=O) groups is 2. The Kier molecular flexibility index (Phi) is 5.71. The van der Waals surface area contributed by atoms with Gasteiger partial charge in [0.2, 0.25) is 5.91 Å². The number of hydrogen-bond donors (Lipinski definition) is 4. The van der Waals surface area contributed by atoms with Gasteiger partial charge in [0.1, 0.15) is 0 Å². The van der Waals surface area contributed by atoms with Gasteiger partial charge in [-0.2, -0.15) is 0 Å². The Morgan fingerprint density at radius 1 is 1.29 bits per heavy atom. The minimum Gasteiger partial charge on any atom is -0.347 e. The summed E-state index contributed by atoms with van der Waals surface area (Å²) >= 11 is 0. The first-order chi connectivity index (χ1) is 10.2. The molecule has 0 aliphatic carbocycles. The van der Waals surface area contributed by atoms with E-state index in [0.717, 1.165) is 25.8 Å². The molecule has 6 nitrogen and oxygen atoms in total. The molecule has 1 aromatic rings. The Morgan fingerprint density at radius 3 is 2.67 bits per heavy atom. The molecule has 114 valence electrons. The van der Waals surface area contributed by atoms with Crippen LogP contribution in [0.25, 0.3) is 0 Å². The maximum atomic E-state index is 12.2. The van der Waals surface area contributed by atoms with Crippen LogP contribution >= 0.6 is 0 Å². The predicted molar refractivity (Wildman–Crippen MR) is 77.9 cm³/mol. The van der Waals surface area contributed by atoms with Gasteiger partial charge in [-0.1, -0.05) is 24.6 Å². The molecule has 1 aliphatic heterocycles.